The molecular formula is C21H32N4O. The van der Waals surface area contributed by atoms with Gasteiger partial charge in [0, 0.05) is 37.9 Å². The second kappa shape index (κ2) is 8.80. The van der Waals surface area contributed by atoms with Crippen LogP contribution >= 0.6 is 0 Å². The van der Waals surface area contributed by atoms with Crippen molar-refractivity contribution in [2.75, 3.05) is 33.7 Å². The standard InChI is InChI=1S/C21H32N4O/c1-23(16-20(26)12-17-8-5-4-6-9-17)14-18-10-7-11-24(2)21(18)19-13-22-25(3)15-19/h4-6,8-9,13,15,18,20-21,26H,7,10-12,14,16H2,1-3H3/t18-,20?,21+/m0/s1. The van der Waals surface area contributed by atoms with Crippen LogP contribution in [0.1, 0.15) is 30.0 Å². The predicted molar refractivity (Wildman–Crippen MR) is 105 cm³/mol. The van der Waals surface area contributed by atoms with E-state index in [1.807, 2.05) is 36.1 Å². The molecule has 2 heterocycles. The topological polar surface area (TPSA) is 44.5 Å². The maximum Gasteiger partial charge on any atom is 0.0707 e. The fourth-order valence-corrected chi connectivity index (χ4v) is 4.36. The lowest BCUT2D eigenvalue weighted by atomic mass is 9.85. The quantitative estimate of drug-likeness (QED) is 0.827. The van der Waals surface area contributed by atoms with Crippen LogP contribution in [-0.4, -0.2) is 64.5 Å². The van der Waals surface area contributed by atoms with Gasteiger partial charge in [0.25, 0.3) is 0 Å². The van der Waals surface area contributed by atoms with Crippen molar-refractivity contribution in [2.45, 2.75) is 31.4 Å². The van der Waals surface area contributed by atoms with Crippen LogP contribution in [0.5, 0.6) is 0 Å². The Bertz CT molecular complexity index is 672. The third-order valence-electron chi connectivity index (χ3n) is 5.46. The summed E-state index contributed by atoms with van der Waals surface area (Å²) in [5.74, 6) is 0.562. The number of likely N-dealkylation sites (tertiary alicyclic amines) is 1. The monoisotopic (exact) mass is 356 g/mol. The summed E-state index contributed by atoms with van der Waals surface area (Å²) in [5, 5.41) is 14.8. The lowest BCUT2D eigenvalue weighted by Crippen LogP contribution is -2.42. The second-order valence-electron chi connectivity index (χ2n) is 7.84. The molecule has 3 atom stereocenters. The van der Waals surface area contributed by atoms with Crippen LogP contribution in [0.2, 0.25) is 0 Å². The molecular weight excluding hydrogens is 324 g/mol. The molecule has 26 heavy (non-hydrogen) atoms. The van der Waals surface area contributed by atoms with Crippen LogP contribution in [0.25, 0.3) is 0 Å². The number of nitrogens with zero attached hydrogens (tertiary/aromatic N) is 4. The van der Waals surface area contributed by atoms with E-state index in [-0.39, 0.29) is 6.10 Å². The maximum atomic E-state index is 10.5. The Hall–Kier alpha value is -1.69. The van der Waals surface area contributed by atoms with Gasteiger partial charge in [-0.25, -0.2) is 0 Å². The molecule has 5 nitrogen and oxygen atoms in total. The van der Waals surface area contributed by atoms with Gasteiger partial charge in [0.1, 0.15) is 0 Å². The SMILES string of the molecule is CN(CC(O)Cc1ccccc1)C[C@@H]1CCCN(C)[C@H]1c1cnn(C)c1. The molecule has 1 N–H and O–H groups in total. The average Bonchev–Trinajstić information content (AvgIpc) is 3.01. The Balaban J connectivity index is 1.58. The molecule has 0 bridgehead atoms. The summed E-state index contributed by atoms with van der Waals surface area (Å²) < 4.78 is 1.89. The van der Waals surface area contributed by atoms with Gasteiger partial charge >= 0.3 is 0 Å². The van der Waals surface area contributed by atoms with Crippen LogP contribution in [0.3, 0.4) is 0 Å². The Morgan fingerprint density at radius 3 is 2.73 bits per heavy atom. The van der Waals surface area contributed by atoms with Gasteiger partial charge in [-0.15, -0.1) is 0 Å². The lowest BCUT2D eigenvalue weighted by Gasteiger charge is -2.40. The number of aromatic nitrogens is 2. The highest BCUT2D eigenvalue weighted by molar-refractivity contribution is 5.16. The number of aliphatic hydroxyl groups is 1. The van der Waals surface area contributed by atoms with Gasteiger partial charge in [-0.3, -0.25) is 9.58 Å². The smallest absolute Gasteiger partial charge is 0.0707 e. The molecule has 1 aromatic heterocycles. The van der Waals surface area contributed by atoms with Crippen molar-refractivity contribution in [1.82, 2.24) is 19.6 Å². The van der Waals surface area contributed by atoms with E-state index in [4.69, 9.17) is 0 Å². The van der Waals surface area contributed by atoms with E-state index < -0.39 is 0 Å². The van der Waals surface area contributed by atoms with Gasteiger partial charge in [0.15, 0.2) is 0 Å². The van der Waals surface area contributed by atoms with Crippen LogP contribution in [0, 0.1) is 5.92 Å². The second-order valence-corrected chi connectivity index (χ2v) is 7.84. The molecule has 1 saturated heterocycles. The number of hydrogen-bond acceptors (Lipinski definition) is 4. The van der Waals surface area contributed by atoms with E-state index in [0.29, 0.717) is 24.9 Å². The number of rotatable bonds is 7. The summed E-state index contributed by atoms with van der Waals surface area (Å²) in [6.07, 6.45) is 6.98. The predicted octanol–water partition coefficient (Wildman–Crippen LogP) is 2.34. The van der Waals surface area contributed by atoms with Gasteiger partial charge in [0.05, 0.1) is 12.3 Å². The first-order chi connectivity index (χ1) is 12.5. The van der Waals surface area contributed by atoms with Gasteiger partial charge in [-0.05, 0) is 51.4 Å². The molecule has 0 saturated carbocycles. The van der Waals surface area contributed by atoms with Crippen molar-refractivity contribution >= 4 is 0 Å². The molecule has 1 unspecified atom stereocenters. The highest BCUT2D eigenvalue weighted by atomic mass is 16.3. The number of likely N-dealkylation sites (N-methyl/N-ethyl adjacent to an activating group) is 1. The molecule has 0 aliphatic carbocycles. The van der Waals surface area contributed by atoms with E-state index >= 15 is 0 Å². The minimum Gasteiger partial charge on any atom is -0.391 e. The van der Waals surface area contributed by atoms with Crippen LogP contribution < -0.4 is 0 Å². The van der Waals surface area contributed by atoms with Crippen molar-refractivity contribution in [3.8, 4) is 0 Å². The molecule has 5 heteroatoms. The third kappa shape index (κ3) is 4.93. The molecule has 0 spiro atoms. The zero-order chi connectivity index (χ0) is 18.5. The lowest BCUT2D eigenvalue weighted by molar-refractivity contribution is 0.0713. The number of benzene rings is 1. The fourth-order valence-electron chi connectivity index (χ4n) is 4.36. The molecule has 0 amide bonds. The molecule has 3 rings (SSSR count). The van der Waals surface area contributed by atoms with E-state index in [0.717, 1.165) is 13.1 Å². The number of aryl methyl sites for hydroxylation is 1. The maximum absolute atomic E-state index is 10.5. The van der Waals surface area contributed by atoms with Gasteiger partial charge < -0.3 is 10.0 Å². The molecule has 1 aromatic carbocycles. The van der Waals surface area contributed by atoms with Gasteiger partial charge in [0.2, 0.25) is 0 Å². The first-order valence-corrected chi connectivity index (χ1v) is 9.62. The minimum absolute atomic E-state index is 0.333. The van der Waals surface area contributed by atoms with Crippen molar-refractivity contribution < 1.29 is 5.11 Å². The van der Waals surface area contributed by atoms with Crippen LogP contribution in [0.15, 0.2) is 42.7 Å². The Morgan fingerprint density at radius 1 is 1.27 bits per heavy atom. The van der Waals surface area contributed by atoms with Crippen molar-refractivity contribution in [3.63, 3.8) is 0 Å². The van der Waals surface area contributed by atoms with Crippen LogP contribution in [0.4, 0.5) is 0 Å². The Morgan fingerprint density at radius 2 is 2.04 bits per heavy atom. The largest absolute Gasteiger partial charge is 0.391 e. The van der Waals surface area contributed by atoms with E-state index in [1.54, 1.807) is 0 Å². The van der Waals surface area contributed by atoms with Gasteiger partial charge in [-0.1, -0.05) is 30.3 Å². The first kappa shape index (κ1) is 19.1. The van der Waals surface area contributed by atoms with E-state index in [2.05, 4.69) is 47.3 Å². The number of hydrogen-bond donors (Lipinski definition) is 1. The summed E-state index contributed by atoms with van der Waals surface area (Å²) in [7, 11) is 6.32. The molecule has 1 aliphatic rings. The Labute approximate surface area is 157 Å². The van der Waals surface area contributed by atoms with E-state index in [9.17, 15) is 5.11 Å². The average molecular weight is 357 g/mol. The molecule has 2 aromatic rings. The van der Waals surface area contributed by atoms with Crippen molar-refractivity contribution in [3.05, 3.63) is 53.9 Å². The van der Waals surface area contributed by atoms with Crippen molar-refractivity contribution in [2.24, 2.45) is 13.0 Å². The fraction of sp³-hybridized carbons (Fsp3) is 0.571. The molecule has 0 radical (unpaired) electrons. The highest BCUT2D eigenvalue weighted by Crippen LogP contribution is 2.35. The summed E-state index contributed by atoms with van der Waals surface area (Å²) in [5.41, 5.74) is 2.50. The summed E-state index contributed by atoms with van der Waals surface area (Å²) >= 11 is 0. The summed E-state index contributed by atoms with van der Waals surface area (Å²) in [6.45, 7) is 2.83. The molecule has 1 aliphatic heterocycles. The zero-order valence-electron chi connectivity index (χ0n) is 16.3. The normalized spacial score (nSPS) is 22.7. The highest BCUT2D eigenvalue weighted by Gasteiger charge is 2.32. The van der Waals surface area contributed by atoms with E-state index in [1.165, 1.54) is 24.0 Å². The number of aliphatic hydroxyl groups excluding tert-OH is 1. The molecule has 1 fully saturated rings. The minimum atomic E-state index is -0.333. The zero-order valence-corrected chi connectivity index (χ0v) is 16.3. The molecule has 142 valence electrons. The van der Waals surface area contributed by atoms with Gasteiger partial charge in [-0.2, -0.15) is 5.10 Å². The Kier molecular flexibility index (Phi) is 6.46. The summed E-state index contributed by atoms with van der Waals surface area (Å²) in [4.78, 5) is 4.75. The van der Waals surface area contributed by atoms with Crippen molar-refractivity contribution in [1.29, 1.82) is 0 Å². The third-order valence-corrected chi connectivity index (χ3v) is 5.46. The first-order valence-electron chi connectivity index (χ1n) is 9.62. The van der Waals surface area contributed by atoms with Crippen LogP contribution in [-0.2, 0) is 13.5 Å². The number of piperidine rings is 1. The summed E-state index contributed by atoms with van der Waals surface area (Å²) in [6, 6.07) is 10.6.